The van der Waals surface area contributed by atoms with Crippen molar-refractivity contribution in [2.24, 2.45) is 5.73 Å². The van der Waals surface area contributed by atoms with E-state index in [2.05, 4.69) is 32.4 Å². The molecule has 1 fully saturated rings. The van der Waals surface area contributed by atoms with Crippen molar-refractivity contribution in [3.05, 3.63) is 40.3 Å². The summed E-state index contributed by atoms with van der Waals surface area (Å²) in [5, 5.41) is 2.11. The summed E-state index contributed by atoms with van der Waals surface area (Å²) >= 11 is 1.78. The Bertz CT molecular complexity index is 507. The van der Waals surface area contributed by atoms with E-state index in [1.807, 2.05) is 6.07 Å². The summed E-state index contributed by atoms with van der Waals surface area (Å²) in [6, 6.07) is 6.72. The first kappa shape index (κ1) is 11.6. The molecule has 1 saturated carbocycles. The first-order valence-corrected chi connectivity index (χ1v) is 7.06. The molecule has 2 aromatic rings. The van der Waals surface area contributed by atoms with Crippen molar-refractivity contribution in [3.63, 3.8) is 0 Å². The first-order chi connectivity index (χ1) is 8.86. The fourth-order valence-corrected chi connectivity index (χ4v) is 2.66. The van der Waals surface area contributed by atoms with Gasteiger partial charge in [0.05, 0.1) is 12.2 Å². The molecule has 3 rings (SSSR count). The van der Waals surface area contributed by atoms with Gasteiger partial charge in [0.25, 0.3) is 0 Å². The first-order valence-electron chi connectivity index (χ1n) is 6.18. The minimum atomic E-state index is 0.465. The van der Waals surface area contributed by atoms with Crippen molar-refractivity contribution in [2.45, 2.75) is 32.0 Å². The smallest absolute Gasteiger partial charge is 0.226 e. The Labute approximate surface area is 110 Å². The summed E-state index contributed by atoms with van der Waals surface area (Å²) in [7, 11) is 0. The predicted octanol–water partition coefficient (Wildman–Crippen LogP) is 2.17. The molecule has 0 amide bonds. The third kappa shape index (κ3) is 2.52. The van der Waals surface area contributed by atoms with E-state index in [1.165, 1.54) is 17.7 Å². The Hall–Kier alpha value is -1.46. The molecule has 0 radical (unpaired) electrons. The normalized spacial score (nSPS) is 14.7. The van der Waals surface area contributed by atoms with Gasteiger partial charge in [-0.2, -0.15) is 0 Å². The minimum Gasteiger partial charge on any atom is -0.333 e. The molecule has 94 valence electrons. The van der Waals surface area contributed by atoms with Crippen molar-refractivity contribution < 1.29 is 0 Å². The van der Waals surface area contributed by atoms with Gasteiger partial charge in [0.15, 0.2) is 0 Å². The van der Waals surface area contributed by atoms with Gasteiger partial charge in [-0.1, -0.05) is 6.07 Å². The number of nitrogens with two attached hydrogens (primary N) is 1. The van der Waals surface area contributed by atoms with E-state index in [9.17, 15) is 0 Å². The molecule has 2 N–H and O–H groups in total. The molecule has 1 aliphatic rings. The molecule has 2 heterocycles. The van der Waals surface area contributed by atoms with Crippen molar-refractivity contribution >= 4 is 17.3 Å². The molecule has 4 nitrogen and oxygen atoms in total. The molecule has 2 aromatic heterocycles. The van der Waals surface area contributed by atoms with Crippen LogP contribution in [0, 0.1) is 0 Å². The summed E-state index contributed by atoms with van der Waals surface area (Å²) < 4.78 is 0. The summed E-state index contributed by atoms with van der Waals surface area (Å²) in [4.78, 5) is 12.6. The van der Waals surface area contributed by atoms with Gasteiger partial charge in [0.2, 0.25) is 5.95 Å². The van der Waals surface area contributed by atoms with Crippen LogP contribution in [0.2, 0.25) is 0 Å². The number of hydrogen-bond acceptors (Lipinski definition) is 5. The summed E-state index contributed by atoms with van der Waals surface area (Å²) in [6.07, 6.45) is 4.28. The van der Waals surface area contributed by atoms with Crippen LogP contribution >= 0.6 is 11.3 Å². The van der Waals surface area contributed by atoms with E-state index in [0.29, 0.717) is 12.6 Å². The highest BCUT2D eigenvalue weighted by Gasteiger charge is 2.31. The van der Waals surface area contributed by atoms with Crippen LogP contribution in [0.25, 0.3) is 0 Å². The van der Waals surface area contributed by atoms with E-state index < -0.39 is 0 Å². The van der Waals surface area contributed by atoms with E-state index in [1.54, 1.807) is 17.5 Å². The van der Waals surface area contributed by atoms with Gasteiger partial charge in [-0.15, -0.1) is 11.3 Å². The van der Waals surface area contributed by atoms with Crippen LogP contribution in [-0.2, 0) is 13.1 Å². The largest absolute Gasteiger partial charge is 0.333 e. The second kappa shape index (κ2) is 5.04. The van der Waals surface area contributed by atoms with Crippen molar-refractivity contribution in [2.75, 3.05) is 4.90 Å². The number of nitrogens with zero attached hydrogens (tertiary/aromatic N) is 3. The number of rotatable bonds is 5. The fraction of sp³-hybridized carbons (Fsp3) is 0.385. The van der Waals surface area contributed by atoms with Crippen LogP contribution in [0.15, 0.2) is 29.8 Å². The Morgan fingerprint density at radius 3 is 2.94 bits per heavy atom. The second-order valence-electron chi connectivity index (χ2n) is 4.49. The Morgan fingerprint density at radius 2 is 2.28 bits per heavy atom. The molecule has 18 heavy (non-hydrogen) atoms. The monoisotopic (exact) mass is 260 g/mol. The maximum Gasteiger partial charge on any atom is 0.226 e. The van der Waals surface area contributed by atoms with Gasteiger partial charge in [0, 0.05) is 23.7 Å². The quantitative estimate of drug-likeness (QED) is 0.895. The maximum absolute atomic E-state index is 5.64. The van der Waals surface area contributed by atoms with Crippen molar-refractivity contribution in [3.8, 4) is 0 Å². The van der Waals surface area contributed by atoms with Crippen LogP contribution in [-0.4, -0.2) is 16.0 Å². The zero-order valence-corrected chi connectivity index (χ0v) is 10.9. The molecule has 5 heteroatoms. The van der Waals surface area contributed by atoms with Gasteiger partial charge in [-0.05, 0) is 30.4 Å². The SMILES string of the molecule is NCc1ccnc(N(Cc2cccs2)C2CC2)n1. The minimum absolute atomic E-state index is 0.465. The van der Waals surface area contributed by atoms with Crippen LogP contribution < -0.4 is 10.6 Å². The highest BCUT2D eigenvalue weighted by atomic mass is 32.1. The van der Waals surface area contributed by atoms with Gasteiger partial charge in [0.1, 0.15) is 0 Å². The molecule has 0 aromatic carbocycles. The molecule has 0 bridgehead atoms. The second-order valence-corrected chi connectivity index (χ2v) is 5.52. The average molecular weight is 260 g/mol. The van der Waals surface area contributed by atoms with Crippen LogP contribution in [0.4, 0.5) is 5.95 Å². The lowest BCUT2D eigenvalue weighted by atomic mass is 10.4. The lowest BCUT2D eigenvalue weighted by Gasteiger charge is -2.21. The lowest BCUT2D eigenvalue weighted by molar-refractivity contribution is 0.757. The summed E-state index contributed by atoms with van der Waals surface area (Å²) in [6.45, 7) is 1.36. The zero-order valence-electron chi connectivity index (χ0n) is 10.1. The Kier molecular flexibility index (Phi) is 3.25. The number of anilines is 1. The van der Waals surface area contributed by atoms with E-state index in [0.717, 1.165) is 18.2 Å². The molecule has 0 spiro atoms. The lowest BCUT2D eigenvalue weighted by Crippen LogP contribution is -2.27. The number of hydrogen-bond donors (Lipinski definition) is 1. The van der Waals surface area contributed by atoms with Crippen molar-refractivity contribution in [1.29, 1.82) is 0 Å². The zero-order chi connectivity index (χ0) is 12.4. The molecule has 0 unspecified atom stereocenters. The standard InChI is InChI=1S/C13H16N4S/c14-8-10-5-6-15-13(16-10)17(11-3-4-11)9-12-2-1-7-18-12/h1-2,5-7,11H,3-4,8-9,14H2. The number of thiophene rings is 1. The van der Waals surface area contributed by atoms with E-state index >= 15 is 0 Å². The Morgan fingerprint density at radius 1 is 1.39 bits per heavy atom. The molecule has 1 aliphatic carbocycles. The van der Waals surface area contributed by atoms with Gasteiger partial charge in [-0.25, -0.2) is 9.97 Å². The highest BCUT2D eigenvalue weighted by Crippen LogP contribution is 2.31. The van der Waals surface area contributed by atoms with E-state index in [4.69, 9.17) is 5.73 Å². The van der Waals surface area contributed by atoms with Gasteiger partial charge in [-0.3, -0.25) is 0 Å². The number of aromatic nitrogens is 2. The van der Waals surface area contributed by atoms with Crippen LogP contribution in [0.1, 0.15) is 23.4 Å². The highest BCUT2D eigenvalue weighted by molar-refractivity contribution is 7.09. The Balaban J connectivity index is 1.84. The van der Waals surface area contributed by atoms with Gasteiger partial charge >= 0.3 is 0 Å². The molecule has 0 atom stereocenters. The molecular weight excluding hydrogens is 244 g/mol. The average Bonchev–Trinajstić information content (AvgIpc) is 3.13. The third-order valence-electron chi connectivity index (χ3n) is 3.06. The van der Waals surface area contributed by atoms with Crippen LogP contribution in [0.3, 0.4) is 0 Å². The van der Waals surface area contributed by atoms with E-state index in [-0.39, 0.29) is 0 Å². The topological polar surface area (TPSA) is 55.0 Å². The maximum atomic E-state index is 5.64. The summed E-state index contributed by atoms with van der Waals surface area (Å²) in [5.74, 6) is 0.814. The molecular formula is C13H16N4S. The molecule has 0 aliphatic heterocycles. The predicted molar refractivity (Wildman–Crippen MR) is 73.4 cm³/mol. The molecule has 0 saturated heterocycles. The summed E-state index contributed by atoms with van der Waals surface area (Å²) in [5.41, 5.74) is 6.54. The third-order valence-corrected chi connectivity index (χ3v) is 3.92. The van der Waals surface area contributed by atoms with Crippen LogP contribution in [0.5, 0.6) is 0 Å². The van der Waals surface area contributed by atoms with Gasteiger partial charge < -0.3 is 10.6 Å². The van der Waals surface area contributed by atoms with Crippen molar-refractivity contribution in [1.82, 2.24) is 9.97 Å². The fourth-order valence-electron chi connectivity index (χ4n) is 1.96.